The zero-order valence-electron chi connectivity index (χ0n) is 13.4. The average molecular weight is 338 g/mol. The molecule has 0 aromatic carbocycles. The van der Waals surface area contributed by atoms with Crippen LogP contribution in [0.25, 0.3) is 0 Å². The Balaban J connectivity index is 1.43. The maximum absolute atomic E-state index is 12.2. The monoisotopic (exact) mass is 338 g/mol. The quantitative estimate of drug-likeness (QED) is 0.677. The lowest BCUT2D eigenvalue weighted by Crippen LogP contribution is -2.36. The van der Waals surface area contributed by atoms with Crippen molar-refractivity contribution in [2.75, 3.05) is 6.54 Å². The predicted octanol–water partition coefficient (Wildman–Crippen LogP) is -0.480. The van der Waals surface area contributed by atoms with Gasteiger partial charge in [-0.25, -0.2) is 14.3 Å². The minimum atomic E-state index is -1.03. The molecule has 1 fully saturated rings. The van der Waals surface area contributed by atoms with Gasteiger partial charge in [0.2, 0.25) is 5.91 Å². The van der Waals surface area contributed by atoms with Gasteiger partial charge in [-0.3, -0.25) is 9.36 Å². The van der Waals surface area contributed by atoms with E-state index >= 15 is 0 Å². The molecule has 0 radical (unpaired) electrons. The van der Waals surface area contributed by atoms with Crippen molar-refractivity contribution in [2.45, 2.75) is 63.8 Å². The van der Waals surface area contributed by atoms with Crippen molar-refractivity contribution in [1.82, 2.24) is 19.7 Å². The zero-order valence-corrected chi connectivity index (χ0v) is 13.4. The van der Waals surface area contributed by atoms with Gasteiger partial charge in [0, 0.05) is 26.1 Å². The Labute approximate surface area is 138 Å². The van der Waals surface area contributed by atoms with Crippen molar-refractivity contribution in [3.8, 4) is 0 Å². The molecule has 9 nitrogen and oxygen atoms in total. The molecular formula is C15H22N4O5. The second-order valence-electron chi connectivity index (χ2n) is 6.20. The van der Waals surface area contributed by atoms with E-state index in [2.05, 4.69) is 10.4 Å². The summed E-state index contributed by atoms with van der Waals surface area (Å²) in [4.78, 5) is 34.9. The van der Waals surface area contributed by atoms with E-state index in [1.54, 1.807) is 4.57 Å². The van der Waals surface area contributed by atoms with Crippen molar-refractivity contribution in [1.29, 1.82) is 0 Å². The molecule has 24 heavy (non-hydrogen) atoms. The summed E-state index contributed by atoms with van der Waals surface area (Å²) in [6.45, 7) is 1.57. The fourth-order valence-corrected chi connectivity index (χ4v) is 3.16. The highest BCUT2D eigenvalue weighted by Gasteiger charge is 2.34. The number of hydrogen-bond donors (Lipinski definition) is 2. The van der Waals surface area contributed by atoms with E-state index in [0.29, 0.717) is 32.4 Å². The van der Waals surface area contributed by atoms with Crippen molar-refractivity contribution in [3.05, 3.63) is 16.3 Å². The average Bonchev–Trinajstić information content (AvgIpc) is 3.18. The third-order valence-corrected chi connectivity index (χ3v) is 4.46. The molecule has 0 saturated carbocycles. The minimum absolute atomic E-state index is 0.0838. The topological polar surface area (TPSA) is 115 Å². The second-order valence-corrected chi connectivity index (χ2v) is 6.20. The summed E-state index contributed by atoms with van der Waals surface area (Å²) in [6.07, 6.45) is 2.65. The summed E-state index contributed by atoms with van der Waals surface area (Å²) in [5.74, 6) is -0.488. The lowest BCUT2D eigenvalue weighted by Gasteiger charge is -2.11. The Morgan fingerprint density at radius 1 is 1.29 bits per heavy atom. The summed E-state index contributed by atoms with van der Waals surface area (Å²) in [6, 6.07) is 0. The van der Waals surface area contributed by atoms with Gasteiger partial charge in [0.25, 0.3) is 0 Å². The number of carboxylic acids is 1. The van der Waals surface area contributed by atoms with Gasteiger partial charge in [-0.05, 0) is 32.1 Å². The molecule has 2 N–H and O–H groups in total. The number of ether oxygens (including phenoxy) is 1. The van der Waals surface area contributed by atoms with Gasteiger partial charge in [-0.15, -0.1) is 0 Å². The number of hydrogen-bond acceptors (Lipinski definition) is 5. The first-order chi connectivity index (χ1) is 11.6. The van der Waals surface area contributed by atoms with Gasteiger partial charge in [-0.1, -0.05) is 0 Å². The second kappa shape index (κ2) is 7.16. The van der Waals surface area contributed by atoms with E-state index in [1.165, 1.54) is 4.68 Å². The molecule has 0 spiro atoms. The van der Waals surface area contributed by atoms with Crippen LogP contribution >= 0.6 is 0 Å². The first kappa shape index (κ1) is 16.7. The van der Waals surface area contributed by atoms with E-state index in [-0.39, 0.29) is 11.6 Å². The number of carbonyl (C=O) groups excluding carboxylic acids is 1. The highest BCUT2D eigenvalue weighted by atomic mass is 16.5. The molecule has 1 saturated heterocycles. The van der Waals surface area contributed by atoms with E-state index in [0.717, 1.165) is 31.6 Å². The molecule has 2 aliphatic heterocycles. The number of rotatable bonds is 6. The number of amides is 1. The SMILES string of the molecule is O=C(NCCCn1nc2n(c1=O)CCCC2)[C@@H]1CC[C@H](C(=O)O)O1. The summed E-state index contributed by atoms with van der Waals surface area (Å²) < 4.78 is 8.37. The summed E-state index contributed by atoms with van der Waals surface area (Å²) in [7, 11) is 0. The van der Waals surface area contributed by atoms with E-state index in [1.807, 2.05) is 0 Å². The largest absolute Gasteiger partial charge is 0.479 e. The molecule has 1 aromatic rings. The lowest BCUT2D eigenvalue weighted by molar-refractivity contribution is -0.151. The molecule has 0 bridgehead atoms. The number of carbonyl (C=O) groups is 2. The Hall–Kier alpha value is -2.16. The number of aryl methyl sites for hydroxylation is 2. The predicted molar refractivity (Wildman–Crippen MR) is 82.6 cm³/mol. The van der Waals surface area contributed by atoms with Gasteiger partial charge >= 0.3 is 11.7 Å². The first-order valence-electron chi connectivity index (χ1n) is 8.39. The van der Waals surface area contributed by atoms with E-state index < -0.39 is 18.2 Å². The van der Waals surface area contributed by atoms with Crippen LogP contribution in [0, 0.1) is 0 Å². The number of aromatic nitrogens is 3. The molecular weight excluding hydrogens is 316 g/mol. The van der Waals surface area contributed by atoms with E-state index in [9.17, 15) is 14.4 Å². The van der Waals surface area contributed by atoms with Crippen LogP contribution in [0.5, 0.6) is 0 Å². The maximum atomic E-state index is 12.2. The minimum Gasteiger partial charge on any atom is -0.479 e. The van der Waals surface area contributed by atoms with Gasteiger partial charge < -0.3 is 15.2 Å². The molecule has 1 aromatic heterocycles. The third-order valence-electron chi connectivity index (χ3n) is 4.46. The normalized spacial score (nSPS) is 23.0. The fraction of sp³-hybridized carbons (Fsp3) is 0.733. The Morgan fingerprint density at radius 2 is 2.08 bits per heavy atom. The lowest BCUT2D eigenvalue weighted by atomic mass is 10.2. The maximum Gasteiger partial charge on any atom is 0.345 e. The van der Waals surface area contributed by atoms with Crippen molar-refractivity contribution in [3.63, 3.8) is 0 Å². The Kier molecular flexibility index (Phi) is 4.98. The van der Waals surface area contributed by atoms with Gasteiger partial charge in [-0.2, -0.15) is 5.10 Å². The zero-order chi connectivity index (χ0) is 17.1. The van der Waals surface area contributed by atoms with Gasteiger partial charge in [0.15, 0.2) is 6.10 Å². The highest BCUT2D eigenvalue weighted by Crippen LogP contribution is 2.19. The smallest absolute Gasteiger partial charge is 0.345 e. The van der Waals surface area contributed by atoms with Crippen molar-refractivity contribution < 1.29 is 19.4 Å². The number of carboxylic acid groups (broad SMARTS) is 1. The fourth-order valence-electron chi connectivity index (χ4n) is 3.16. The van der Waals surface area contributed by atoms with Crippen LogP contribution in [0.4, 0.5) is 0 Å². The number of fused-ring (bicyclic) bond motifs is 1. The Morgan fingerprint density at radius 3 is 2.79 bits per heavy atom. The van der Waals surface area contributed by atoms with Crippen LogP contribution in [0.1, 0.15) is 37.9 Å². The van der Waals surface area contributed by atoms with Crippen LogP contribution in [0.3, 0.4) is 0 Å². The molecule has 0 aliphatic carbocycles. The molecule has 0 unspecified atom stereocenters. The molecule has 3 heterocycles. The number of aliphatic carboxylic acids is 1. The first-order valence-corrected chi connectivity index (χ1v) is 8.39. The standard InChI is InChI=1S/C15H22N4O5/c20-13(10-5-6-11(24-10)14(21)22)16-7-3-9-19-15(23)18-8-2-1-4-12(18)17-19/h10-11H,1-9H2,(H,16,20)(H,21,22)/t10-,11+/m0/s1. The highest BCUT2D eigenvalue weighted by molar-refractivity contribution is 5.82. The molecule has 2 aliphatic rings. The van der Waals surface area contributed by atoms with E-state index in [4.69, 9.17) is 9.84 Å². The summed E-state index contributed by atoms with van der Waals surface area (Å²) >= 11 is 0. The number of nitrogens with zero attached hydrogens (tertiary/aromatic N) is 3. The van der Waals surface area contributed by atoms with Crippen LogP contribution in [0.15, 0.2) is 4.79 Å². The van der Waals surface area contributed by atoms with Crippen molar-refractivity contribution >= 4 is 11.9 Å². The van der Waals surface area contributed by atoms with Crippen LogP contribution in [-0.2, 0) is 33.8 Å². The van der Waals surface area contributed by atoms with Crippen LogP contribution in [0.2, 0.25) is 0 Å². The molecule has 9 heteroatoms. The number of nitrogens with one attached hydrogen (secondary N) is 1. The van der Waals surface area contributed by atoms with Crippen LogP contribution in [-0.4, -0.2) is 50.1 Å². The van der Waals surface area contributed by atoms with Gasteiger partial charge in [0.05, 0.1) is 0 Å². The van der Waals surface area contributed by atoms with Crippen molar-refractivity contribution in [2.24, 2.45) is 0 Å². The molecule has 3 rings (SSSR count). The van der Waals surface area contributed by atoms with Crippen LogP contribution < -0.4 is 11.0 Å². The summed E-state index contributed by atoms with van der Waals surface area (Å²) in [5.41, 5.74) is -0.0838. The molecule has 1 amide bonds. The van der Waals surface area contributed by atoms with Gasteiger partial charge in [0.1, 0.15) is 11.9 Å². The summed E-state index contributed by atoms with van der Waals surface area (Å²) in [5, 5.41) is 15.9. The molecule has 2 atom stereocenters. The third kappa shape index (κ3) is 3.50. The molecule has 132 valence electrons. The Bertz CT molecular complexity index is 680.